The molecule has 0 aliphatic carbocycles. The summed E-state index contributed by atoms with van der Waals surface area (Å²) in [5.74, 6) is 0.842. The predicted molar refractivity (Wildman–Crippen MR) is 136 cm³/mol. The van der Waals surface area contributed by atoms with Gasteiger partial charge in [0.15, 0.2) is 0 Å². The molecule has 0 aliphatic heterocycles. The van der Waals surface area contributed by atoms with Gasteiger partial charge in [0.05, 0.1) is 28.1 Å². The lowest BCUT2D eigenvalue weighted by Gasteiger charge is -2.15. The van der Waals surface area contributed by atoms with Crippen molar-refractivity contribution < 1.29 is 0 Å². The zero-order valence-corrected chi connectivity index (χ0v) is 19.2. The molecule has 0 aliphatic rings. The van der Waals surface area contributed by atoms with E-state index in [4.69, 9.17) is 5.73 Å². The van der Waals surface area contributed by atoms with E-state index in [0.717, 1.165) is 38.8 Å². The van der Waals surface area contributed by atoms with Crippen LogP contribution >= 0.6 is 11.3 Å². The third kappa shape index (κ3) is 6.33. The number of hydrogen-bond acceptors (Lipinski definition) is 7. The maximum Gasteiger partial charge on any atom is 0.142 e. The Morgan fingerprint density at radius 2 is 1.39 bits per heavy atom. The number of fused-ring (bicyclic) bond motifs is 1. The van der Waals surface area contributed by atoms with E-state index < -0.39 is 0 Å². The molecule has 0 spiro atoms. The topological polar surface area (TPSA) is 87.9 Å². The van der Waals surface area contributed by atoms with Gasteiger partial charge in [-0.2, -0.15) is 0 Å². The highest BCUT2D eigenvalue weighted by Gasteiger charge is 2.08. The van der Waals surface area contributed by atoms with Gasteiger partial charge in [0.25, 0.3) is 0 Å². The monoisotopic (exact) mass is 434 g/mol. The number of nitrogen functional groups attached to an aromatic ring is 1. The third-order valence-electron chi connectivity index (χ3n) is 4.29. The van der Waals surface area contributed by atoms with E-state index in [0.29, 0.717) is 12.1 Å². The quantitative estimate of drug-likeness (QED) is 0.265. The van der Waals surface area contributed by atoms with Crippen LogP contribution in [0.4, 0.5) is 28.6 Å². The van der Waals surface area contributed by atoms with Crippen LogP contribution in [0.3, 0.4) is 0 Å². The summed E-state index contributed by atoms with van der Waals surface area (Å²) < 4.78 is 0. The first kappa shape index (κ1) is 22.4. The zero-order valence-electron chi connectivity index (χ0n) is 18.4. The van der Waals surface area contributed by atoms with Gasteiger partial charge in [0.2, 0.25) is 0 Å². The van der Waals surface area contributed by atoms with Crippen molar-refractivity contribution >= 4 is 50.1 Å². The van der Waals surface area contributed by atoms with Crippen molar-refractivity contribution in [3.8, 4) is 0 Å². The second-order valence-corrected chi connectivity index (χ2v) is 8.61. The van der Waals surface area contributed by atoms with Crippen LogP contribution in [-0.4, -0.2) is 22.1 Å². The Balaban J connectivity index is 0.000000210. The standard InChI is InChI=1S/C15H16N4S.C9H14N2/c1-10(2)18-12-5-3-4-6-13(12)19-14-11-7-8-20-15(11)17-9-16-14;1-7(2)11-9-6-4-3-5-8(9)10/h3-10,18H,1-2H3,(H,16,17,19);3-7,11H,10H2,1-2H3. The van der Waals surface area contributed by atoms with Crippen molar-refractivity contribution in [1.82, 2.24) is 9.97 Å². The molecule has 0 bridgehead atoms. The van der Waals surface area contributed by atoms with Crippen LogP contribution in [0.25, 0.3) is 10.2 Å². The number of para-hydroxylation sites is 4. The number of rotatable bonds is 6. The van der Waals surface area contributed by atoms with Crippen LogP contribution in [-0.2, 0) is 0 Å². The van der Waals surface area contributed by atoms with Gasteiger partial charge in [-0.15, -0.1) is 11.3 Å². The van der Waals surface area contributed by atoms with Crippen LogP contribution in [0, 0.1) is 0 Å². The second-order valence-electron chi connectivity index (χ2n) is 7.72. The highest BCUT2D eigenvalue weighted by atomic mass is 32.1. The molecule has 4 aromatic rings. The van der Waals surface area contributed by atoms with Crippen molar-refractivity contribution in [2.45, 2.75) is 39.8 Å². The number of benzene rings is 2. The molecule has 2 heterocycles. The predicted octanol–water partition coefficient (Wildman–Crippen LogP) is 6.34. The van der Waals surface area contributed by atoms with Gasteiger partial charge >= 0.3 is 0 Å². The average molecular weight is 435 g/mol. The Morgan fingerprint density at radius 3 is 2.06 bits per heavy atom. The van der Waals surface area contributed by atoms with E-state index in [1.54, 1.807) is 17.7 Å². The Morgan fingerprint density at radius 1 is 0.774 bits per heavy atom. The lowest BCUT2D eigenvalue weighted by molar-refractivity contribution is 0.900. The first-order chi connectivity index (χ1) is 14.9. The molecule has 7 heteroatoms. The normalized spacial score (nSPS) is 10.6. The number of thiophene rings is 1. The lowest BCUT2D eigenvalue weighted by atomic mass is 10.2. The largest absolute Gasteiger partial charge is 0.397 e. The molecule has 0 radical (unpaired) electrons. The van der Waals surface area contributed by atoms with Gasteiger partial charge in [-0.3, -0.25) is 0 Å². The molecule has 0 fully saturated rings. The molecule has 162 valence electrons. The minimum absolute atomic E-state index is 0.379. The van der Waals surface area contributed by atoms with Crippen LogP contribution < -0.4 is 21.7 Å². The van der Waals surface area contributed by atoms with E-state index in [9.17, 15) is 0 Å². The highest BCUT2D eigenvalue weighted by molar-refractivity contribution is 7.16. The molecule has 31 heavy (non-hydrogen) atoms. The van der Waals surface area contributed by atoms with Crippen molar-refractivity contribution in [2.24, 2.45) is 0 Å². The van der Waals surface area contributed by atoms with Crippen molar-refractivity contribution in [3.63, 3.8) is 0 Å². The molecule has 2 aromatic carbocycles. The maximum atomic E-state index is 5.71. The van der Waals surface area contributed by atoms with Gasteiger partial charge in [0.1, 0.15) is 17.0 Å². The average Bonchev–Trinajstić information content (AvgIpc) is 3.21. The van der Waals surface area contributed by atoms with Crippen LogP contribution in [0.2, 0.25) is 0 Å². The molecule has 2 aromatic heterocycles. The Hall–Kier alpha value is -3.32. The van der Waals surface area contributed by atoms with E-state index in [1.165, 1.54) is 0 Å². The smallest absolute Gasteiger partial charge is 0.142 e. The fraction of sp³-hybridized carbons (Fsp3) is 0.250. The highest BCUT2D eigenvalue weighted by Crippen LogP contribution is 2.30. The Bertz CT molecular complexity index is 1110. The summed E-state index contributed by atoms with van der Waals surface area (Å²) in [6.07, 6.45) is 1.60. The maximum absolute atomic E-state index is 5.71. The number of anilines is 5. The fourth-order valence-corrected chi connectivity index (χ4v) is 3.72. The third-order valence-corrected chi connectivity index (χ3v) is 5.11. The summed E-state index contributed by atoms with van der Waals surface area (Å²) in [5.41, 5.74) is 9.62. The zero-order chi connectivity index (χ0) is 22.2. The molecule has 0 saturated heterocycles. The number of nitrogens with two attached hydrogens (primary N) is 1. The van der Waals surface area contributed by atoms with Gasteiger partial charge in [-0.05, 0) is 63.4 Å². The van der Waals surface area contributed by atoms with Crippen molar-refractivity contribution in [2.75, 3.05) is 21.7 Å². The molecule has 0 amide bonds. The molecule has 0 atom stereocenters. The van der Waals surface area contributed by atoms with Gasteiger partial charge in [-0.1, -0.05) is 24.3 Å². The summed E-state index contributed by atoms with van der Waals surface area (Å²) in [5, 5.41) is 13.2. The molecule has 4 rings (SSSR count). The van der Waals surface area contributed by atoms with Crippen LogP contribution in [0.1, 0.15) is 27.7 Å². The summed E-state index contributed by atoms with van der Waals surface area (Å²) >= 11 is 1.62. The lowest BCUT2D eigenvalue weighted by Crippen LogP contribution is -2.11. The molecule has 5 N–H and O–H groups in total. The van der Waals surface area contributed by atoms with Gasteiger partial charge in [-0.25, -0.2) is 9.97 Å². The van der Waals surface area contributed by atoms with Gasteiger partial charge < -0.3 is 21.7 Å². The molecular formula is C24H30N6S. The van der Waals surface area contributed by atoms with E-state index >= 15 is 0 Å². The second kappa shape index (κ2) is 10.6. The fourth-order valence-electron chi connectivity index (χ4n) is 2.99. The summed E-state index contributed by atoms with van der Waals surface area (Å²) in [6.45, 7) is 8.43. The minimum Gasteiger partial charge on any atom is -0.397 e. The molecule has 0 saturated carbocycles. The minimum atomic E-state index is 0.379. The molecule has 6 nitrogen and oxygen atoms in total. The van der Waals surface area contributed by atoms with Crippen LogP contribution in [0.5, 0.6) is 0 Å². The number of nitrogens with zero attached hydrogens (tertiary/aromatic N) is 2. The summed E-state index contributed by atoms with van der Waals surface area (Å²) in [4.78, 5) is 9.61. The van der Waals surface area contributed by atoms with Gasteiger partial charge in [0, 0.05) is 12.1 Å². The van der Waals surface area contributed by atoms with E-state index in [-0.39, 0.29) is 0 Å². The SMILES string of the molecule is CC(C)Nc1ccccc1N.CC(C)Nc1ccccc1Nc1ncnc2sccc12. The van der Waals surface area contributed by atoms with E-state index in [1.807, 2.05) is 53.9 Å². The molecule has 0 unspecified atom stereocenters. The first-order valence-electron chi connectivity index (χ1n) is 10.4. The Labute approximate surface area is 187 Å². The molecular weight excluding hydrogens is 404 g/mol. The first-order valence-corrected chi connectivity index (χ1v) is 11.2. The van der Waals surface area contributed by atoms with Crippen LogP contribution in [0.15, 0.2) is 66.3 Å². The summed E-state index contributed by atoms with van der Waals surface area (Å²) in [6, 6.07) is 18.8. The van der Waals surface area contributed by atoms with Crippen molar-refractivity contribution in [1.29, 1.82) is 0 Å². The van der Waals surface area contributed by atoms with Crippen molar-refractivity contribution in [3.05, 3.63) is 66.3 Å². The Kier molecular flexibility index (Phi) is 7.67. The summed E-state index contributed by atoms with van der Waals surface area (Å²) in [7, 11) is 0. The van der Waals surface area contributed by atoms with E-state index in [2.05, 4.69) is 59.7 Å². The number of nitrogens with one attached hydrogen (secondary N) is 3. The number of aromatic nitrogens is 2. The number of hydrogen-bond donors (Lipinski definition) is 4.